The molecule has 4 heteroatoms. The molecule has 0 bridgehead atoms. The molecule has 11 heavy (non-hydrogen) atoms. The number of nitrogens with one attached hydrogen (secondary N) is 1. The van der Waals surface area contributed by atoms with Crippen LogP contribution in [0.2, 0.25) is 0 Å². The molecule has 1 rings (SSSR count). The van der Waals surface area contributed by atoms with E-state index in [2.05, 4.69) is 4.98 Å². The van der Waals surface area contributed by atoms with Crippen LogP contribution in [0.5, 0.6) is 0 Å². The van der Waals surface area contributed by atoms with Gasteiger partial charge in [-0.3, -0.25) is 0 Å². The average molecular weight is 154 g/mol. The Hall–Kier alpha value is -1.29. The van der Waals surface area contributed by atoms with Gasteiger partial charge < -0.3 is 15.8 Å². The Morgan fingerprint density at radius 3 is 2.91 bits per heavy atom. The Kier molecular flexibility index (Phi) is 2.28. The van der Waals surface area contributed by atoms with Crippen LogP contribution >= 0.6 is 0 Å². The maximum Gasteiger partial charge on any atom is 0.352 e. The first-order chi connectivity index (χ1) is 5.24. The summed E-state index contributed by atoms with van der Waals surface area (Å²) < 4.78 is 0. The van der Waals surface area contributed by atoms with Gasteiger partial charge in [0.25, 0.3) is 0 Å². The van der Waals surface area contributed by atoms with Crippen LogP contribution in [0.3, 0.4) is 0 Å². The summed E-state index contributed by atoms with van der Waals surface area (Å²) in [5.41, 5.74) is 6.44. The van der Waals surface area contributed by atoms with E-state index in [1.807, 2.05) is 0 Å². The molecular weight excluding hydrogens is 144 g/mol. The van der Waals surface area contributed by atoms with Crippen molar-refractivity contribution in [3.8, 4) is 0 Å². The second-order valence-corrected chi connectivity index (χ2v) is 2.27. The number of rotatable bonds is 3. The molecule has 1 heterocycles. The molecule has 0 atom stereocenters. The Labute approximate surface area is 64.0 Å². The number of hydrogen-bond donors (Lipinski definition) is 3. The lowest BCUT2D eigenvalue weighted by Gasteiger charge is -1.87. The topological polar surface area (TPSA) is 79.1 Å². The molecule has 4 N–H and O–H groups in total. The number of aromatic carboxylic acids is 1. The van der Waals surface area contributed by atoms with E-state index in [9.17, 15) is 4.79 Å². The van der Waals surface area contributed by atoms with Crippen molar-refractivity contribution in [3.05, 3.63) is 23.5 Å². The summed E-state index contributed by atoms with van der Waals surface area (Å²) in [6.07, 6.45) is 2.38. The van der Waals surface area contributed by atoms with Crippen LogP contribution in [0, 0.1) is 0 Å². The SMILES string of the molecule is NCCc1c[nH]c(C(=O)O)c1. The summed E-state index contributed by atoms with van der Waals surface area (Å²) >= 11 is 0. The van der Waals surface area contributed by atoms with Crippen LogP contribution in [0.1, 0.15) is 16.1 Å². The summed E-state index contributed by atoms with van der Waals surface area (Å²) in [5.74, 6) is -0.937. The third-order valence-corrected chi connectivity index (χ3v) is 1.41. The summed E-state index contributed by atoms with van der Waals surface area (Å²) in [6.45, 7) is 0.539. The van der Waals surface area contributed by atoms with Crippen molar-refractivity contribution in [2.24, 2.45) is 5.73 Å². The van der Waals surface area contributed by atoms with E-state index in [1.165, 1.54) is 0 Å². The van der Waals surface area contributed by atoms with Gasteiger partial charge in [0.2, 0.25) is 0 Å². The molecule has 1 aromatic heterocycles. The highest BCUT2D eigenvalue weighted by molar-refractivity contribution is 5.85. The number of H-pyrrole nitrogens is 1. The Morgan fingerprint density at radius 2 is 2.45 bits per heavy atom. The molecule has 0 aliphatic rings. The van der Waals surface area contributed by atoms with Crippen LogP contribution in [-0.4, -0.2) is 22.6 Å². The van der Waals surface area contributed by atoms with E-state index in [4.69, 9.17) is 10.8 Å². The molecule has 0 unspecified atom stereocenters. The van der Waals surface area contributed by atoms with E-state index in [0.29, 0.717) is 13.0 Å². The maximum atomic E-state index is 10.4. The fourth-order valence-electron chi connectivity index (χ4n) is 0.874. The number of hydrogen-bond acceptors (Lipinski definition) is 2. The second kappa shape index (κ2) is 3.21. The zero-order chi connectivity index (χ0) is 8.27. The molecule has 0 fully saturated rings. The molecule has 0 aliphatic heterocycles. The van der Waals surface area contributed by atoms with E-state index in [-0.39, 0.29) is 5.69 Å². The number of nitrogens with two attached hydrogens (primary N) is 1. The van der Waals surface area contributed by atoms with Crippen molar-refractivity contribution < 1.29 is 9.90 Å². The standard InChI is InChI=1S/C7H10N2O2/c8-2-1-5-3-6(7(10)11)9-4-5/h3-4,9H,1-2,8H2,(H,10,11). The minimum Gasteiger partial charge on any atom is -0.477 e. The number of carboxylic acid groups (broad SMARTS) is 1. The van der Waals surface area contributed by atoms with E-state index >= 15 is 0 Å². The lowest BCUT2D eigenvalue weighted by Crippen LogP contribution is -2.01. The van der Waals surface area contributed by atoms with Gasteiger partial charge in [-0.15, -0.1) is 0 Å². The molecule has 0 amide bonds. The van der Waals surface area contributed by atoms with E-state index < -0.39 is 5.97 Å². The summed E-state index contributed by atoms with van der Waals surface area (Å²) in [6, 6.07) is 1.59. The van der Waals surface area contributed by atoms with E-state index in [0.717, 1.165) is 5.56 Å². The summed E-state index contributed by atoms with van der Waals surface area (Å²) in [7, 11) is 0. The predicted molar refractivity (Wildman–Crippen MR) is 40.5 cm³/mol. The zero-order valence-electron chi connectivity index (χ0n) is 6.00. The molecule has 0 spiro atoms. The van der Waals surface area contributed by atoms with Crippen molar-refractivity contribution in [3.63, 3.8) is 0 Å². The number of aromatic amines is 1. The molecular formula is C7H10N2O2. The molecule has 0 saturated carbocycles. The molecule has 0 aromatic carbocycles. The highest BCUT2D eigenvalue weighted by atomic mass is 16.4. The average Bonchev–Trinajstić information content (AvgIpc) is 2.37. The fraction of sp³-hybridized carbons (Fsp3) is 0.286. The molecule has 0 saturated heterocycles. The Balaban J connectivity index is 2.73. The van der Waals surface area contributed by atoms with Gasteiger partial charge in [0.15, 0.2) is 0 Å². The smallest absolute Gasteiger partial charge is 0.352 e. The quantitative estimate of drug-likeness (QED) is 0.582. The molecule has 0 aliphatic carbocycles. The van der Waals surface area contributed by atoms with Gasteiger partial charge in [-0.05, 0) is 24.6 Å². The van der Waals surface area contributed by atoms with Gasteiger partial charge in [0.05, 0.1) is 0 Å². The number of aromatic nitrogens is 1. The number of carboxylic acids is 1. The maximum absolute atomic E-state index is 10.4. The lowest BCUT2D eigenvalue weighted by atomic mass is 10.2. The number of carbonyl (C=O) groups is 1. The first kappa shape index (κ1) is 7.81. The van der Waals surface area contributed by atoms with Gasteiger partial charge in [0, 0.05) is 6.20 Å². The Morgan fingerprint density at radius 1 is 1.73 bits per heavy atom. The minimum absolute atomic E-state index is 0.216. The predicted octanol–water partition coefficient (Wildman–Crippen LogP) is 0.214. The van der Waals surface area contributed by atoms with Gasteiger partial charge in [-0.2, -0.15) is 0 Å². The largest absolute Gasteiger partial charge is 0.477 e. The van der Waals surface area contributed by atoms with Crippen molar-refractivity contribution in [2.75, 3.05) is 6.54 Å². The third kappa shape index (κ3) is 1.81. The van der Waals surface area contributed by atoms with Gasteiger partial charge >= 0.3 is 5.97 Å². The summed E-state index contributed by atoms with van der Waals surface area (Å²) in [5, 5.41) is 8.50. The molecule has 0 radical (unpaired) electrons. The Bertz CT molecular complexity index is 255. The van der Waals surface area contributed by atoms with Gasteiger partial charge in [0.1, 0.15) is 5.69 Å². The van der Waals surface area contributed by atoms with Crippen LogP contribution in [0.4, 0.5) is 0 Å². The molecule has 1 aromatic rings. The van der Waals surface area contributed by atoms with Crippen molar-refractivity contribution >= 4 is 5.97 Å². The fourth-order valence-corrected chi connectivity index (χ4v) is 0.874. The van der Waals surface area contributed by atoms with Crippen LogP contribution in [0.15, 0.2) is 12.3 Å². The van der Waals surface area contributed by atoms with Crippen molar-refractivity contribution in [1.82, 2.24) is 4.98 Å². The first-order valence-electron chi connectivity index (χ1n) is 3.34. The monoisotopic (exact) mass is 154 g/mol. The van der Waals surface area contributed by atoms with E-state index in [1.54, 1.807) is 12.3 Å². The second-order valence-electron chi connectivity index (χ2n) is 2.27. The highest BCUT2D eigenvalue weighted by Gasteiger charge is 2.04. The van der Waals surface area contributed by atoms with Crippen molar-refractivity contribution in [1.29, 1.82) is 0 Å². The highest BCUT2D eigenvalue weighted by Crippen LogP contribution is 2.02. The molecule has 60 valence electrons. The van der Waals surface area contributed by atoms with Crippen LogP contribution in [-0.2, 0) is 6.42 Å². The summed E-state index contributed by atoms with van der Waals surface area (Å²) in [4.78, 5) is 13.0. The zero-order valence-corrected chi connectivity index (χ0v) is 6.00. The van der Waals surface area contributed by atoms with Crippen LogP contribution < -0.4 is 5.73 Å². The lowest BCUT2D eigenvalue weighted by molar-refractivity contribution is 0.0691. The van der Waals surface area contributed by atoms with Crippen LogP contribution in [0.25, 0.3) is 0 Å². The third-order valence-electron chi connectivity index (χ3n) is 1.41. The minimum atomic E-state index is -0.937. The first-order valence-corrected chi connectivity index (χ1v) is 3.34. The van der Waals surface area contributed by atoms with Gasteiger partial charge in [-0.25, -0.2) is 4.79 Å². The van der Waals surface area contributed by atoms with Gasteiger partial charge in [-0.1, -0.05) is 0 Å². The van der Waals surface area contributed by atoms with Crippen molar-refractivity contribution in [2.45, 2.75) is 6.42 Å². The normalized spacial score (nSPS) is 9.91. The molecule has 4 nitrogen and oxygen atoms in total.